The van der Waals surface area contributed by atoms with Gasteiger partial charge in [0.05, 0.1) is 5.54 Å². The molecule has 0 spiro atoms. The Morgan fingerprint density at radius 1 is 1.28 bits per heavy atom. The second kappa shape index (κ2) is 5.85. The third-order valence-corrected chi connectivity index (χ3v) is 4.29. The van der Waals surface area contributed by atoms with E-state index in [-0.39, 0.29) is 5.54 Å². The zero-order valence-electron chi connectivity index (χ0n) is 11.9. The van der Waals surface area contributed by atoms with Crippen molar-refractivity contribution < 1.29 is 0 Å². The molecular formula is C16H26N2. The lowest BCUT2D eigenvalue weighted by Crippen LogP contribution is -2.61. The molecule has 1 aliphatic rings. The summed E-state index contributed by atoms with van der Waals surface area (Å²) >= 11 is 0. The van der Waals surface area contributed by atoms with Crippen LogP contribution in [0.15, 0.2) is 30.3 Å². The first-order valence-corrected chi connectivity index (χ1v) is 7.24. The number of likely N-dealkylation sites (N-methyl/N-ethyl adjacent to an activating group) is 1. The minimum Gasteiger partial charge on any atom is -0.311 e. The third-order valence-electron chi connectivity index (χ3n) is 4.29. The maximum atomic E-state index is 3.73. The average Bonchev–Trinajstić information content (AvgIpc) is 2.42. The topological polar surface area (TPSA) is 15.3 Å². The van der Waals surface area contributed by atoms with Gasteiger partial charge < -0.3 is 5.32 Å². The summed E-state index contributed by atoms with van der Waals surface area (Å²) in [7, 11) is 0. The van der Waals surface area contributed by atoms with E-state index in [1.165, 1.54) is 18.4 Å². The van der Waals surface area contributed by atoms with Crippen LogP contribution in [0, 0.1) is 0 Å². The van der Waals surface area contributed by atoms with Gasteiger partial charge in [0.2, 0.25) is 0 Å². The molecule has 100 valence electrons. The van der Waals surface area contributed by atoms with Gasteiger partial charge in [0.1, 0.15) is 0 Å². The highest BCUT2D eigenvalue weighted by Crippen LogP contribution is 2.30. The number of nitrogens with zero attached hydrogens (tertiary/aromatic N) is 1. The predicted octanol–water partition coefficient (Wildman–Crippen LogP) is 3.00. The van der Waals surface area contributed by atoms with Crippen LogP contribution in [0.2, 0.25) is 0 Å². The maximum absolute atomic E-state index is 3.73. The van der Waals surface area contributed by atoms with E-state index in [9.17, 15) is 0 Å². The molecule has 2 atom stereocenters. The molecule has 0 amide bonds. The van der Waals surface area contributed by atoms with Gasteiger partial charge in [-0.25, -0.2) is 0 Å². The van der Waals surface area contributed by atoms with Gasteiger partial charge in [-0.15, -0.1) is 0 Å². The Hall–Kier alpha value is -0.860. The smallest absolute Gasteiger partial charge is 0.0557 e. The van der Waals surface area contributed by atoms with E-state index in [0.29, 0.717) is 6.04 Å². The molecule has 2 rings (SSSR count). The monoisotopic (exact) mass is 246 g/mol. The summed E-state index contributed by atoms with van der Waals surface area (Å²) in [5.74, 6) is 0. The molecule has 2 heteroatoms. The Bertz CT molecular complexity index is 363. The molecule has 0 aliphatic carbocycles. The van der Waals surface area contributed by atoms with E-state index >= 15 is 0 Å². The van der Waals surface area contributed by atoms with Gasteiger partial charge in [0.25, 0.3) is 0 Å². The molecule has 2 nitrogen and oxygen atoms in total. The van der Waals surface area contributed by atoms with Crippen molar-refractivity contribution in [1.29, 1.82) is 0 Å². The van der Waals surface area contributed by atoms with Crippen LogP contribution in [-0.4, -0.2) is 30.6 Å². The van der Waals surface area contributed by atoms with Crippen LogP contribution in [0.4, 0.5) is 0 Å². The quantitative estimate of drug-likeness (QED) is 0.878. The van der Waals surface area contributed by atoms with Crippen molar-refractivity contribution in [2.45, 2.75) is 45.2 Å². The minimum atomic E-state index is 0.139. The van der Waals surface area contributed by atoms with Crippen LogP contribution in [0.25, 0.3) is 0 Å². The van der Waals surface area contributed by atoms with E-state index in [4.69, 9.17) is 0 Å². The van der Waals surface area contributed by atoms with Crippen molar-refractivity contribution >= 4 is 0 Å². The molecule has 1 aromatic carbocycles. The van der Waals surface area contributed by atoms with E-state index < -0.39 is 0 Å². The fraction of sp³-hybridized carbons (Fsp3) is 0.625. The molecule has 0 bridgehead atoms. The Labute approximate surface area is 111 Å². The molecular weight excluding hydrogens is 220 g/mol. The molecule has 1 aromatic rings. The van der Waals surface area contributed by atoms with E-state index in [1.54, 1.807) is 0 Å². The summed E-state index contributed by atoms with van der Waals surface area (Å²) in [5.41, 5.74) is 1.56. The summed E-state index contributed by atoms with van der Waals surface area (Å²) in [6.07, 6.45) is 2.54. The van der Waals surface area contributed by atoms with E-state index in [1.807, 2.05) is 0 Å². The lowest BCUT2D eigenvalue weighted by atomic mass is 9.86. The summed E-state index contributed by atoms with van der Waals surface area (Å²) < 4.78 is 0. The van der Waals surface area contributed by atoms with Gasteiger partial charge in [0, 0.05) is 19.1 Å². The van der Waals surface area contributed by atoms with E-state index in [2.05, 4.69) is 61.3 Å². The fourth-order valence-electron chi connectivity index (χ4n) is 3.09. The number of hydrogen-bond donors (Lipinski definition) is 1. The third kappa shape index (κ3) is 2.60. The second-order valence-corrected chi connectivity index (χ2v) is 5.55. The lowest BCUT2D eigenvalue weighted by molar-refractivity contribution is 0.0529. The Morgan fingerprint density at radius 2 is 2.00 bits per heavy atom. The zero-order valence-corrected chi connectivity index (χ0v) is 11.9. The van der Waals surface area contributed by atoms with Crippen LogP contribution < -0.4 is 5.32 Å². The standard InChI is InChI=1S/C16H26N2/c1-4-9-15-12-18(5-2)16(3,13-17-15)14-10-7-6-8-11-14/h6-8,10-11,15,17H,4-5,9,12-13H2,1-3H3. The van der Waals surface area contributed by atoms with Crippen molar-refractivity contribution in [1.82, 2.24) is 10.2 Å². The summed E-state index contributed by atoms with van der Waals surface area (Å²) in [5, 5.41) is 3.73. The Morgan fingerprint density at radius 3 is 2.61 bits per heavy atom. The van der Waals surface area contributed by atoms with Gasteiger partial charge in [0.15, 0.2) is 0 Å². The van der Waals surface area contributed by atoms with Crippen molar-refractivity contribution in [3.63, 3.8) is 0 Å². The number of hydrogen-bond acceptors (Lipinski definition) is 2. The van der Waals surface area contributed by atoms with Gasteiger partial charge >= 0.3 is 0 Å². The first kappa shape index (κ1) is 13.6. The largest absolute Gasteiger partial charge is 0.311 e. The zero-order chi connectivity index (χ0) is 13.0. The van der Waals surface area contributed by atoms with Crippen LogP contribution in [0.5, 0.6) is 0 Å². The van der Waals surface area contributed by atoms with Gasteiger partial charge in [-0.1, -0.05) is 50.6 Å². The van der Waals surface area contributed by atoms with Gasteiger partial charge in [-0.05, 0) is 25.5 Å². The van der Waals surface area contributed by atoms with Crippen molar-refractivity contribution in [2.24, 2.45) is 0 Å². The number of benzene rings is 1. The first-order valence-electron chi connectivity index (χ1n) is 7.24. The van der Waals surface area contributed by atoms with Gasteiger partial charge in [-0.3, -0.25) is 4.90 Å². The molecule has 1 aliphatic heterocycles. The van der Waals surface area contributed by atoms with Crippen molar-refractivity contribution in [3.8, 4) is 0 Å². The SMILES string of the molecule is CCCC1CN(CC)C(C)(c2ccccc2)CN1. The molecule has 0 saturated carbocycles. The molecule has 1 N–H and O–H groups in total. The number of piperazine rings is 1. The van der Waals surface area contributed by atoms with E-state index in [0.717, 1.165) is 19.6 Å². The average molecular weight is 246 g/mol. The summed E-state index contributed by atoms with van der Waals surface area (Å²) in [4.78, 5) is 2.62. The number of rotatable bonds is 4. The molecule has 1 fully saturated rings. The normalized spacial score (nSPS) is 29.4. The minimum absolute atomic E-state index is 0.139. The van der Waals surface area contributed by atoms with Crippen LogP contribution in [0.3, 0.4) is 0 Å². The first-order chi connectivity index (χ1) is 8.70. The van der Waals surface area contributed by atoms with Gasteiger partial charge in [-0.2, -0.15) is 0 Å². The molecule has 1 heterocycles. The highest BCUT2D eigenvalue weighted by Gasteiger charge is 2.37. The highest BCUT2D eigenvalue weighted by molar-refractivity contribution is 5.25. The molecule has 2 unspecified atom stereocenters. The predicted molar refractivity (Wildman–Crippen MR) is 77.7 cm³/mol. The molecule has 1 saturated heterocycles. The number of nitrogens with one attached hydrogen (secondary N) is 1. The Kier molecular flexibility index (Phi) is 4.41. The summed E-state index contributed by atoms with van der Waals surface area (Å²) in [6.45, 7) is 10.2. The highest BCUT2D eigenvalue weighted by atomic mass is 15.3. The summed E-state index contributed by atoms with van der Waals surface area (Å²) in [6, 6.07) is 11.6. The fourth-order valence-corrected chi connectivity index (χ4v) is 3.09. The molecule has 0 aromatic heterocycles. The maximum Gasteiger partial charge on any atom is 0.0557 e. The van der Waals surface area contributed by atoms with Crippen molar-refractivity contribution in [2.75, 3.05) is 19.6 Å². The van der Waals surface area contributed by atoms with Crippen LogP contribution in [-0.2, 0) is 5.54 Å². The second-order valence-electron chi connectivity index (χ2n) is 5.55. The Balaban J connectivity index is 2.17. The molecule has 18 heavy (non-hydrogen) atoms. The van der Waals surface area contributed by atoms with Crippen molar-refractivity contribution in [3.05, 3.63) is 35.9 Å². The lowest BCUT2D eigenvalue weighted by Gasteiger charge is -2.48. The van der Waals surface area contributed by atoms with Crippen LogP contribution >= 0.6 is 0 Å². The molecule has 0 radical (unpaired) electrons. The van der Waals surface area contributed by atoms with Crippen LogP contribution in [0.1, 0.15) is 39.2 Å².